The van der Waals surface area contributed by atoms with E-state index in [-0.39, 0.29) is 18.2 Å². The fourth-order valence-electron chi connectivity index (χ4n) is 3.93. The van der Waals surface area contributed by atoms with Gasteiger partial charge in [-0.3, -0.25) is 9.59 Å². The first-order valence-corrected chi connectivity index (χ1v) is 12.9. The van der Waals surface area contributed by atoms with Gasteiger partial charge in [-0.25, -0.2) is 0 Å². The molecule has 4 aromatic carbocycles. The quantitative estimate of drug-likeness (QED) is 0.238. The number of carbonyl (C=O) groups is 2. The SMILES string of the molecule is Cc1cc(C)cc(NC(=O)C(Sc2cccc(NC(=O)Cc3ccc(Cl)cc3)c2)c2ccccc2)c1. The molecule has 4 aromatic rings. The van der Waals surface area contributed by atoms with Crippen LogP contribution in [0.1, 0.15) is 27.5 Å². The number of anilines is 2. The summed E-state index contributed by atoms with van der Waals surface area (Å²) in [6.45, 7) is 4.03. The van der Waals surface area contributed by atoms with Crippen LogP contribution in [0.3, 0.4) is 0 Å². The van der Waals surface area contributed by atoms with Crippen molar-refractivity contribution in [2.24, 2.45) is 0 Å². The van der Waals surface area contributed by atoms with Crippen LogP contribution < -0.4 is 10.6 Å². The maximum atomic E-state index is 13.4. The summed E-state index contributed by atoms with van der Waals surface area (Å²) in [5.41, 5.74) is 5.44. The highest BCUT2D eigenvalue weighted by Gasteiger charge is 2.22. The van der Waals surface area contributed by atoms with Crippen LogP contribution in [0.4, 0.5) is 11.4 Å². The minimum absolute atomic E-state index is 0.103. The predicted octanol–water partition coefficient (Wildman–Crippen LogP) is 7.61. The van der Waals surface area contributed by atoms with Crippen LogP contribution >= 0.6 is 23.4 Å². The first kappa shape index (κ1) is 25.5. The highest BCUT2D eigenvalue weighted by Crippen LogP contribution is 2.37. The first-order chi connectivity index (χ1) is 17.4. The van der Waals surface area contributed by atoms with Gasteiger partial charge in [-0.2, -0.15) is 0 Å². The Morgan fingerprint density at radius 2 is 1.47 bits per heavy atom. The van der Waals surface area contributed by atoms with E-state index < -0.39 is 5.25 Å². The number of rotatable bonds is 8. The number of benzene rings is 4. The molecule has 1 atom stereocenters. The lowest BCUT2D eigenvalue weighted by Gasteiger charge is -2.18. The minimum Gasteiger partial charge on any atom is -0.326 e. The van der Waals surface area contributed by atoms with E-state index in [1.165, 1.54) is 11.8 Å². The monoisotopic (exact) mass is 514 g/mol. The third-order valence-corrected chi connectivity index (χ3v) is 6.98. The lowest BCUT2D eigenvalue weighted by Crippen LogP contribution is -2.19. The second kappa shape index (κ2) is 11.9. The summed E-state index contributed by atoms with van der Waals surface area (Å²) in [7, 11) is 0. The van der Waals surface area contributed by atoms with E-state index in [1.807, 2.05) is 92.7 Å². The maximum absolute atomic E-state index is 13.4. The molecule has 0 saturated carbocycles. The van der Waals surface area contributed by atoms with E-state index in [0.717, 1.165) is 32.8 Å². The van der Waals surface area contributed by atoms with Crippen molar-refractivity contribution in [3.05, 3.63) is 124 Å². The Bertz CT molecular complexity index is 1340. The van der Waals surface area contributed by atoms with Crippen molar-refractivity contribution in [3.63, 3.8) is 0 Å². The minimum atomic E-state index is -0.466. The lowest BCUT2D eigenvalue weighted by molar-refractivity contribution is -0.116. The molecule has 6 heteroatoms. The second-order valence-electron chi connectivity index (χ2n) is 8.65. The van der Waals surface area contributed by atoms with Gasteiger partial charge in [0.05, 0.1) is 6.42 Å². The fraction of sp³-hybridized carbons (Fsp3) is 0.133. The van der Waals surface area contributed by atoms with Crippen molar-refractivity contribution < 1.29 is 9.59 Å². The van der Waals surface area contributed by atoms with E-state index in [2.05, 4.69) is 16.7 Å². The van der Waals surface area contributed by atoms with Crippen LogP contribution in [0.5, 0.6) is 0 Å². The molecular weight excluding hydrogens is 488 g/mol. The average molecular weight is 515 g/mol. The first-order valence-electron chi connectivity index (χ1n) is 11.6. The van der Waals surface area contributed by atoms with E-state index in [1.54, 1.807) is 12.1 Å². The van der Waals surface area contributed by atoms with Crippen molar-refractivity contribution in [2.75, 3.05) is 10.6 Å². The standard InChI is InChI=1S/C30H27ClN2O2S/c1-20-15-21(2)17-26(16-20)33-30(35)29(23-7-4-3-5-8-23)36-27-10-6-9-25(19-27)32-28(34)18-22-11-13-24(31)14-12-22/h3-17,19,29H,18H2,1-2H3,(H,32,34)(H,33,35). The Morgan fingerprint density at radius 3 is 2.17 bits per heavy atom. The van der Waals surface area contributed by atoms with Gasteiger partial charge in [-0.05, 0) is 78.6 Å². The normalized spacial score (nSPS) is 11.5. The number of hydrogen-bond acceptors (Lipinski definition) is 3. The Morgan fingerprint density at radius 1 is 0.778 bits per heavy atom. The van der Waals surface area contributed by atoms with Gasteiger partial charge in [0.2, 0.25) is 11.8 Å². The molecule has 0 aliphatic carbocycles. The Kier molecular flexibility index (Phi) is 8.47. The molecule has 0 aromatic heterocycles. The summed E-state index contributed by atoms with van der Waals surface area (Å²) in [6.07, 6.45) is 0.249. The molecule has 0 fully saturated rings. The van der Waals surface area contributed by atoms with Crippen LogP contribution in [0, 0.1) is 13.8 Å². The van der Waals surface area contributed by atoms with Crippen LogP contribution in [0.15, 0.2) is 102 Å². The summed E-state index contributed by atoms with van der Waals surface area (Å²) in [4.78, 5) is 26.9. The number of amides is 2. The molecule has 4 nitrogen and oxygen atoms in total. The van der Waals surface area contributed by atoms with E-state index in [4.69, 9.17) is 11.6 Å². The highest BCUT2D eigenvalue weighted by atomic mass is 35.5. The number of hydrogen-bond donors (Lipinski definition) is 2. The maximum Gasteiger partial charge on any atom is 0.242 e. The third kappa shape index (κ3) is 7.23. The number of aryl methyl sites for hydroxylation is 2. The zero-order valence-electron chi connectivity index (χ0n) is 20.1. The molecule has 0 aliphatic rings. The number of thioether (sulfide) groups is 1. The van der Waals surface area contributed by atoms with Gasteiger partial charge in [-0.15, -0.1) is 11.8 Å². The van der Waals surface area contributed by atoms with Gasteiger partial charge in [0.1, 0.15) is 5.25 Å². The summed E-state index contributed by atoms with van der Waals surface area (Å²) in [6, 6.07) is 30.5. The Hall–Kier alpha value is -3.54. The topological polar surface area (TPSA) is 58.2 Å². The van der Waals surface area contributed by atoms with Crippen molar-refractivity contribution in [2.45, 2.75) is 30.4 Å². The predicted molar refractivity (Wildman–Crippen MR) is 150 cm³/mol. The molecule has 0 bridgehead atoms. The zero-order chi connectivity index (χ0) is 25.5. The molecule has 0 aliphatic heterocycles. The van der Waals surface area contributed by atoms with Crippen molar-refractivity contribution >= 4 is 46.6 Å². The molecule has 0 heterocycles. The van der Waals surface area contributed by atoms with Gasteiger partial charge < -0.3 is 10.6 Å². The second-order valence-corrected chi connectivity index (χ2v) is 10.3. The van der Waals surface area contributed by atoms with Crippen LogP contribution in [-0.2, 0) is 16.0 Å². The summed E-state index contributed by atoms with van der Waals surface area (Å²) in [5.74, 6) is -0.222. The van der Waals surface area contributed by atoms with Gasteiger partial charge in [0.25, 0.3) is 0 Å². The number of halogens is 1. The van der Waals surface area contributed by atoms with Gasteiger partial charge >= 0.3 is 0 Å². The molecule has 0 radical (unpaired) electrons. The van der Waals surface area contributed by atoms with Gasteiger partial charge in [0.15, 0.2) is 0 Å². The van der Waals surface area contributed by atoms with Crippen molar-refractivity contribution in [1.82, 2.24) is 0 Å². The zero-order valence-corrected chi connectivity index (χ0v) is 21.7. The molecular formula is C30H27ClN2O2S. The van der Waals surface area contributed by atoms with Gasteiger partial charge in [-0.1, -0.05) is 66.2 Å². The Balaban J connectivity index is 1.50. The third-order valence-electron chi connectivity index (χ3n) is 5.48. The molecule has 182 valence electrons. The van der Waals surface area contributed by atoms with Crippen molar-refractivity contribution in [3.8, 4) is 0 Å². The molecule has 2 amide bonds. The fourth-order valence-corrected chi connectivity index (χ4v) is 5.14. The Labute approximate surface area is 221 Å². The molecule has 0 spiro atoms. The molecule has 36 heavy (non-hydrogen) atoms. The van der Waals surface area contributed by atoms with E-state index in [0.29, 0.717) is 10.7 Å². The molecule has 4 rings (SSSR count). The smallest absolute Gasteiger partial charge is 0.242 e. The molecule has 2 N–H and O–H groups in total. The van der Waals surface area contributed by atoms with Crippen LogP contribution in [-0.4, -0.2) is 11.8 Å². The summed E-state index contributed by atoms with van der Waals surface area (Å²) >= 11 is 7.38. The highest BCUT2D eigenvalue weighted by molar-refractivity contribution is 8.00. The molecule has 1 unspecified atom stereocenters. The van der Waals surface area contributed by atoms with E-state index >= 15 is 0 Å². The number of nitrogens with one attached hydrogen (secondary N) is 2. The summed E-state index contributed by atoms with van der Waals surface area (Å²) in [5, 5.41) is 6.21. The average Bonchev–Trinajstić information content (AvgIpc) is 2.84. The lowest BCUT2D eigenvalue weighted by atomic mass is 10.1. The van der Waals surface area contributed by atoms with Crippen LogP contribution in [0.25, 0.3) is 0 Å². The van der Waals surface area contributed by atoms with Crippen LogP contribution in [0.2, 0.25) is 5.02 Å². The number of carbonyl (C=O) groups excluding carboxylic acids is 2. The van der Waals surface area contributed by atoms with Crippen molar-refractivity contribution in [1.29, 1.82) is 0 Å². The summed E-state index contributed by atoms with van der Waals surface area (Å²) < 4.78 is 0. The molecule has 0 saturated heterocycles. The van der Waals surface area contributed by atoms with Gasteiger partial charge in [0, 0.05) is 21.3 Å². The largest absolute Gasteiger partial charge is 0.326 e. The van der Waals surface area contributed by atoms with E-state index in [9.17, 15) is 9.59 Å².